The van der Waals surface area contributed by atoms with E-state index in [1.807, 2.05) is 0 Å². The summed E-state index contributed by atoms with van der Waals surface area (Å²) < 4.78 is 0. The van der Waals surface area contributed by atoms with Gasteiger partial charge in [0.25, 0.3) is 0 Å². The number of hydrogen-bond donors (Lipinski definition) is 9. The Labute approximate surface area is 231 Å². The lowest BCUT2D eigenvalue weighted by atomic mass is 10.1. The maximum Gasteiger partial charge on any atom is 0.326 e. The minimum atomic E-state index is -1.22. The van der Waals surface area contributed by atoms with Gasteiger partial charge in [0.15, 0.2) is 11.9 Å². The van der Waals surface area contributed by atoms with Crippen LogP contribution >= 0.6 is 0 Å². The number of carbonyl (C=O) groups is 4. The number of hydrogen-bond acceptors (Lipinski definition) is 8. The van der Waals surface area contributed by atoms with Crippen molar-refractivity contribution in [1.82, 2.24) is 25.5 Å². The molecule has 0 aromatic carbocycles. The molecule has 40 heavy (non-hydrogen) atoms. The van der Waals surface area contributed by atoms with Gasteiger partial charge in [-0.25, -0.2) is 9.78 Å². The number of nitrogens with one attached hydrogen (secondary N) is 3. The molecule has 0 aliphatic carbocycles. The number of guanidine groups is 2. The molecular weight excluding hydrogens is 524 g/mol. The Balaban J connectivity index is 2.09. The number of H-pyrrole nitrogens is 1. The lowest BCUT2D eigenvalue weighted by Gasteiger charge is -2.30. The van der Waals surface area contributed by atoms with E-state index in [1.54, 1.807) is 0 Å². The average molecular weight is 565 g/mol. The van der Waals surface area contributed by atoms with Gasteiger partial charge in [-0.15, -0.1) is 0 Å². The molecule has 3 amide bonds. The summed E-state index contributed by atoms with van der Waals surface area (Å²) in [7, 11) is 0. The maximum absolute atomic E-state index is 13.6. The lowest BCUT2D eigenvalue weighted by molar-refractivity contribution is -0.145. The molecule has 17 heteroatoms. The number of aromatic nitrogens is 2. The van der Waals surface area contributed by atoms with E-state index < -0.39 is 47.9 Å². The number of nitrogens with zero attached hydrogens (tertiary/aromatic N) is 4. The number of aliphatic imine (C=N–C) groups is 2. The Morgan fingerprint density at radius 1 is 1.05 bits per heavy atom. The highest BCUT2D eigenvalue weighted by molar-refractivity contribution is 5.94. The van der Waals surface area contributed by atoms with Gasteiger partial charge in [-0.2, -0.15) is 0 Å². The van der Waals surface area contributed by atoms with Crippen molar-refractivity contribution in [3.8, 4) is 0 Å². The molecule has 1 aliphatic rings. The van der Waals surface area contributed by atoms with E-state index in [2.05, 4.69) is 30.6 Å². The smallest absolute Gasteiger partial charge is 0.326 e. The number of aliphatic carboxylic acids is 1. The number of amides is 3. The molecule has 4 atom stereocenters. The van der Waals surface area contributed by atoms with Gasteiger partial charge < -0.3 is 54.3 Å². The molecule has 0 saturated carbocycles. The van der Waals surface area contributed by atoms with Crippen LogP contribution < -0.4 is 39.3 Å². The average Bonchev–Trinajstić information content (AvgIpc) is 3.59. The maximum atomic E-state index is 13.6. The Morgan fingerprint density at radius 2 is 1.70 bits per heavy atom. The molecule has 1 aromatic heterocycles. The molecule has 2 heterocycles. The summed E-state index contributed by atoms with van der Waals surface area (Å²) in [4.78, 5) is 67.1. The van der Waals surface area contributed by atoms with Gasteiger partial charge in [0.05, 0.1) is 12.4 Å². The van der Waals surface area contributed by atoms with Crippen LogP contribution in [0.5, 0.6) is 0 Å². The number of nitrogens with two attached hydrogens (primary N) is 5. The Kier molecular flexibility index (Phi) is 12.6. The van der Waals surface area contributed by atoms with Crippen LogP contribution in [-0.2, 0) is 25.6 Å². The summed E-state index contributed by atoms with van der Waals surface area (Å²) >= 11 is 0. The van der Waals surface area contributed by atoms with Gasteiger partial charge in [0.1, 0.15) is 18.1 Å². The number of carboxylic acid groups (broad SMARTS) is 1. The second-order valence-electron chi connectivity index (χ2n) is 9.44. The first-order valence-electron chi connectivity index (χ1n) is 13.0. The van der Waals surface area contributed by atoms with Crippen molar-refractivity contribution in [2.24, 2.45) is 38.7 Å². The van der Waals surface area contributed by atoms with E-state index in [9.17, 15) is 24.3 Å². The summed E-state index contributed by atoms with van der Waals surface area (Å²) in [6, 6.07) is -4.04. The molecule has 4 unspecified atom stereocenters. The van der Waals surface area contributed by atoms with E-state index >= 15 is 0 Å². The zero-order valence-corrected chi connectivity index (χ0v) is 22.3. The van der Waals surface area contributed by atoms with Gasteiger partial charge in [-0.05, 0) is 38.5 Å². The van der Waals surface area contributed by atoms with Crippen molar-refractivity contribution in [1.29, 1.82) is 0 Å². The Morgan fingerprint density at radius 3 is 2.27 bits per heavy atom. The molecule has 1 fully saturated rings. The molecule has 1 aromatic rings. The van der Waals surface area contributed by atoms with Crippen LogP contribution in [0.4, 0.5) is 0 Å². The molecule has 0 bridgehead atoms. The van der Waals surface area contributed by atoms with E-state index in [0.717, 1.165) is 0 Å². The van der Waals surface area contributed by atoms with Gasteiger partial charge in [-0.1, -0.05) is 0 Å². The largest absolute Gasteiger partial charge is 0.480 e. The zero-order valence-electron chi connectivity index (χ0n) is 22.3. The highest BCUT2D eigenvalue weighted by atomic mass is 16.4. The number of rotatable bonds is 16. The summed E-state index contributed by atoms with van der Waals surface area (Å²) in [5.74, 6) is -3.02. The van der Waals surface area contributed by atoms with Crippen LogP contribution in [0.1, 0.15) is 44.2 Å². The first-order chi connectivity index (χ1) is 19.0. The van der Waals surface area contributed by atoms with Gasteiger partial charge >= 0.3 is 5.97 Å². The molecule has 1 aliphatic heterocycles. The molecule has 1 saturated heterocycles. The molecule has 0 radical (unpaired) electrons. The summed E-state index contributed by atoms with van der Waals surface area (Å²) in [6.45, 7) is 0.789. The fourth-order valence-corrected chi connectivity index (χ4v) is 4.28. The second kappa shape index (κ2) is 15.9. The molecule has 14 N–H and O–H groups in total. The van der Waals surface area contributed by atoms with Gasteiger partial charge in [0.2, 0.25) is 17.7 Å². The van der Waals surface area contributed by atoms with Crippen molar-refractivity contribution in [2.75, 3.05) is 19.6 Å². The quantitative estimate of drug-likeness (QED) is 0.0537. The number of aromatic amines is 1. The summed E-state index contributed by atoms with van der Waals surface area (Å²) in [5.41, 5.74) is 27.9. The fraction of sp³-hybridized carbons (Fsp3) is 0.609. The highest BCUT2D eigenvalue weighted by Gasteiger charge is 2.39. The third kappa shape index (κ3) is 10.4. The third-order valence-electron chi connectivity index (χ3n) is 6.30. The molecule has 2 rings (SSSR count). The minimum absolute atomic E-state index is 0.00765. The lowest BCUT2D eigenvalue weighted by Crippen LogP contribution is -2.57. The Hall–Kier alpha value is -4.41. The third-order valence-corrected chi connectivity index (χ3v) is 6.30. The molecule has 222 valence electrons. The standard InChI is InChI=1S/C23H40N12O5/c24-14(4-1-7-30-22(25)26)18(36)33-15(5-2-8-31-23(27)28)20(38)35-9-3-6-17(35)19(37)34-16(21(39)40)10-13-11-29-12-32-13/h11-12,14-17H,1-10,24H2,(H,29,32)(H,33,36)(H,34,37)(H,39,40)(H4,25,26,30)(H4,27,28,31). The zero-order chi connectivity index (χ0) is 29.7. The van der Waals surface area contributed by atoms with Gasteiger partial charge in [0, 0.05) is 37.9 Å². The fourth-order valence-electron chi connectivity index (χ4n) is 4.28. The van der Waals surface area contributed by atoms with Gasteiger partial charge in [-0.3, -0.25) is 24.4 Å². The van der Waals surface area contributed by atoms with Crippen molar-refractivity contribution in [3.05, 3.63) is 18.2 Å². The normalized spacial score (nSPS) is 16.8. The first-order valence-corrected chi connectivity index (χ1v) is 13.0. The van der Waals surface area contributed by atoms with Crippen LogP contribution in [0.15, 0.2) is 22.5 Å². The van der Waals surface area contributed by atoms with Crippen LogP contribution in [0.2, 0.25) is 0 Å². The molecular formula is C23H40N12O5. The minimum Gasteiger partial charge on any atom is -0.480 e. The predicted octanol–water partition coefficient (Wildman–Crippen LogP) is -3.57. The predicted molar refractivity (Wildman–Crippen MR) is 146 cm³/mol. The van der Waals surface area contributed by atoms with Crippen molar-refractivity contribution < 1.29 is 24.3 Å². The number of imidazole rings is 1. The van der Waals surface area contributed by atoms with Crippen molar-refractivity contribution >= 4 is 35.6 Å². The van der Waals surface area contributed by atoms with Crippen LogP contribution in [0, 0.1) is 0 Å². The monoisotopic (exact) mass is 564 g/mol. The highest BCUT2D eigenvalue weighted by Crippen LogP contribution is 2.20. The van der Waals surface area contributed by atoms with E-state index in [4.69, 9.17) is 28.7 Å². The van der Waals surface area contributed by atoms with Crippen LogP contribution in [-0.4, -0.2) is 99.4 Å². The van der Waals surface area contributed by atoms with Crippen molar-refractivity contribution in [2.45, 2.75) is 69.1 Å². The van der Waals surface area contributed by atoms with Crippen LogP contribution in [0.3, 0.4) is 0 Å². The van der Waals surface area contributed by atoms with E-state index in [-0.39, 0.29) is 44.3 Å². The van der Waals surface area contributed by atoms with E-state index in [0.29, 0.717) is 37.9 Å². The SMILES string of the molecule is NC(N)=NCCCC(N)C(=O)NC(CCCN=C(N)N)C(=O)N1CCCC1C(=O)NC(Cc1cnc[nH]1)C(=O)O. The number of carboxylic acids is 1. The summed E-state index contributed by atoms with van der Waals surface area (Å²) in [6.07, 6.45) is 5.02. The molecule has 0 spiro atoms. The first kappa shape index (κ1) is 31.8. The molecule has 17 nitrogen and oxygen atoms in total. The number of likely N-dealkylation sites (tertiary alicyclic amines) is 1. The van der Waals surface area contributed by atoms with E-state index in [1.165, 1.54) is 17.4 Å². The Bertz CT molecular complexity index is 1050. The second-order valence-corrected chi connectivity index (χ2v) is 9.44. The number of carbonyl (C=O) groups excluding carboxylic acids is 3. The van der Waals surface area contributed by atoms with Crippen molar-refractivity contribution in [3.63, 3.8) is 0 Å². The van der Waals surface area contributed by atoms with Crippen LogP contribution in [0.25, 0.3) is 0 Å². The summed E-state index contributed by atoms with van der Waals surface area (Å²) in [5, 5.41) is 14.8. The topological polar surface area (TPSA) is 299 Å².